The monoisotopic (exact) mass is 310 g/mol. The van der Waals surface area contributed by atoms with Crippen molar-refractivity contribution in [3.05, 3.63) is 54.5 Å². The second kappa shape index (κ2) is 6.78. The van der Waals surface area contributed by atoms with E-state index < -0.39 is 0 Å². The van der Waals surface area contributed by atoms with E-state index in [2.05, 4.69) is 25.7 Å². The molecule has 7 heteroatoms. The molecule has 7 nitrogen and oxygen atoms in total. The molecule has 0 atom stereocenters. The Morgan fingerprint density at radius 3 is 2.61 bits per heavy atom. The fourth-order valence-corrected chi connectivity index (χ4v) is 2.15. The molecule has 0 aliphatic heterocycles. The van der Waals surface area contributed by atoms with Crippen LogP contribution in [0.25, 0.3) is 0 Å². The molecule has 3 rings (SSSR count). The van der Waals surface area contributed by atoms with E-state index in [9.17, 15) is 5.11 Å². The number of aromatic hydroxyl groups is 1. The minimum atomic E-state index is 0.281. The number of hydrogen-bond acceptors (Lipinski definition) is 6. The van der Waals surface area contributed by atoms with Crippen molar-refractivity contribution in [2.24, 2.45) is 7.05 Å². The van der Waals surface area contributed by atoms with E-state index in [-0.39, 0.29) is 5.75 Å². The van der Waals surface area contributed by atoms with Gasteiger partial charge in [0.25, 0.3) is 0 Å². The zero-order valence-corrected chi connectivity index (χ0v) is 12.8. The number of nitrogens with zero attached hydrogens (tertiary/aromatic N) is 4. The van der Waals surface area contributed by atoms with E-state index in [0.717, 1.165) is 30.2 Å². The van der Waals surface area contributed by atoms with Gasteiger partial charge in [0.15, 0.2) is 0 Å². The van der Waals surface area contributed by atoms with Crippen LogP contribution in [0.2, 0.25) is 0 Å². The molecule has 0 fully saturated rings. The van der Waals surface area contributed by atoms with Crippen LogP contribution in [0, 0.1) is 0 Å². The molecule has 0 amide bonds. The van der Waals surface area contributed by atoms with Crippen LogP contribution in [0.4, 0.5) is 17.5 Å². The minimum absolute atomic E-state index is 0.281. The number of phenols is 1. The summed E-state index contributed by atoms with van der Waals surface area (Å²) in [5.74, 6) is 2.60. The molecular weight excluding hydrogens is 292 g/mol. The predicted molar refractivity (Wildman–Crippen MR) is 88.8 cm³/mol. The van der Waals surface area contributed by atoms with Gasteiger partial charge in [0.1, 0.15) is 29.5 Å². The summed E-state index contributed by atoms with van der Waals surface area (Å²) in [6.45, 7) is 0.743. The zero-order valence-electron chi connectivity index (χ0n) is 12.8. The average molecular weight is 310 g/mol. The molecule has 0 saturated heterocycles. The Labute approximate surface area is 134 Å². The van der Waals surface area contributed by atoms with Gasteiger partial charge in [0, 0.05) is 25.7 Å². The van der Waals surface area contributed by atoms with Gasteiger partial charge in [-0.05, 0) is 24.1 Å². The number of phenolic OH excluding ortho intramolecular Hbond substituents is 1. The fraction of sp³-hybridized carbons (Fsp3) is 0.188. The molecule has 0 unspecified atom stereocenters. The lowest BCUT2D eigenvalue weighted by atomic mass is 10.1. The fourth-order valence-electron chi connectivity index (χ4n) is 2.15. The number of anilines is 3. The molecule has 1 aromatic carbocycles. The second-order valence-electron chi connectivity index (χ2n) is 5.10. The lowest BCUT2D eigenvalue weighted by molar-refractivity contribution is 0.475. The van der Waals surface area contributed by atoms with E-state index in [4.69, 9.17) is 0 Å². The summed E-state index contributed by atoms with van der Waals surface area (Å²) in [6, 6.07) is 10.9. The highest BCUT2D eigenvalue weighted by Gasteiger charge is 2.02. The van der Waals surface area contributed by atoms with Crippen LogP contribution in [0.15, 0.2) is 48.9 Å². The number of aromatic nitrogens is 4. The molecule has 0 aliphatic rings. The lowest BCUT2D eigenvalue weighted by Crippen LogP contribution is -2.07. The molecule has 0 spiro atoms. The summed E-state index contributed by atoms with van der Waals surface area (Å²) in [7, 11) is 1.86. The van der Waals surface area contributed by atoms with Crippen LogP contribution in [0.1, 0.15) is 5.56 Å². The van der Waals surface area contributed by atoms with Crippen molar-refractivity contribution in [3.8, 4) is 5.75 Å². The van der Waals surface area contributed by atoms with Crippen molar-refractivity contribution < 1.29 is 5.11 Å². The summed E-state index contributed by atoms with van der Waals surface area (Å²) < 4.78 is 1.74. The SMILES string of the molecule is Cn1nccc1Nc1cc(NCCc2ccc(O)cc2)ncn1. The van der Waals surface area contributed by atoms with Crippen molar-refractivity contribution in [1.82, 2.24) is 19.7 Å². The van der Waals surface area contributed by atoms with Gasteiger partial charge < -0.3 is 15.7 Å². The molecule has 0 aliphatic carbocycles. The van der Waals surface area contributed by atoms with Crippen molar-refractivity contribution in [1.29, 1.82) is 0 Å². The van der Waals surface area contributed by atoms with Crippen molar-refractivity contribution in [2.75, 3.05) is 17.2 Å². The molecule has 0 saturated carbocycles. The molecule has 118 valence electrons. The maximum absolute atomic E-state index is 9.27. The van der Waals surface area contributed by atoms with Crippen LogP contribution < -0.4 is 10.6 Å². The Morgan fingerprint density at radius 1 is 1.09 bits per heavy atom. The second-order valence-corrected chi connectivity index (χ2v) is 5.10. The maximum atomic E-state index is 9.27. The Morgan fingerprint density at radius 2 is 1.87 bits per heavy atom. The normalized spacial score (nSPS) is 10.5. The first-order valence-electron chi connectivity index (χ1n) is 7.29. The van der Waals surface area contributed by atoms with Crippen LogP contribution >= 0.6 is 0 Å². The highest BCUT2D eigenvalue weighted by molar-refractivity contribution is 5.55. The quantitative estimate of drug-likeness (QED) is 0.647. The molecule has 23 heavy (non-hydrogen) atoms. The molecule has 0 radical (unpaired) electrons. The number of hydrogen-bond donors (Lipinski definition) is 3. The van der Waals surface area contributed by atoms with Gasteiger partial charge in [-0.2, -0.15) is 5.10 Å². The Balaban J connectivity index is 1.57. The molecular formula is C16H18N6O. The minimum Gasteiger partial charge on any atom is -0.508 e. The van der Waals surface area contributed by atoms with Gasteiger partial charge >= 0.3 is 0 Å². The first kappa shape index (κ1) is 14.8. The topological polar surface area (TPSA) is 87.9 Å². The van der Waals surface area contributed by atoms with Crippen LogP contribution in [0.3, 0.4) is 0 Å². The van der Waals surface area contributed by atoms with E-state index in [1.54, 1.807) is 23.0 Å². The smallest absolute Gasteiger partial charge is 0.137 e. The number of rotatable bonds is 6. The summed E-state index contributed by atoms with van der Waals surface area (Å²) in [4.78, 5) is 8.41. The molecule has 2 aromatic heterocycles. The average Bonchev–Trinajstić information content (AvgIpc) is 2.95. The predicted octanol–water partition coefficient (Wildman–Crippen LogP) is 2.31. The highest BCUT2D eigenvalue weighted by Crippen LogP contribution is 2.15. The molecule has 3 aromatic rings. The number of aryl methyl sites for hydroxylation is 1. The van der Waals surface area contributed by atoms with Crippen molar-refractivity contribution >= 4 is 17.5 Å². The first-order chi connectivity index (χ1) is 11.2. The zero-order chi connectivity index (χ0) is 16.1. The van der Waals surface area contributed by atoms with Crippen LogP contribution in [-0.4, -0.2) is 31.4 Å². The van der Waals surface area contributed by atoms with Gasteiger partial charge in [0.2, 0.25) is 0 Å². The van der Waals surface area contributed by atoms with Crippen molar-refractivity contribution in [2.45, 2.75) is 6.42 Å². The van der Waals surface area contributed by atoms with Gasteiger partial charge in [-0.25, -0.2) is 9.97 Å². The molecule has 3 N–H and O–H groups in total. The summed E-state index contributed by atoms with van der Waals surface area (Å²) in [5, 5.41) is 19.8. The van der Waals surface area contributed by atoms with E-state index in [0.29, 0.717) is 5.82 Å². The van der Waals surface area contributed by atoms with Gasteiger partial charge in [-0.15, -0.1) is 0 Å². The summed E-state index contributed by atoms with van der Waals surface area (Å²) in [5.41, 5.74) is 1.15. The van der Waals surface area contributed by atoms with E-state index in [1.165, 1.54) is 6.33 Å². The van der Waals surface area contributed by atoms with Crippen LogP contribution in [-0.2, 0) is 13.5 Å². The van der Waals surface area contributed by atoms with E-state index >= 15 is 0 Å². The largest absolute Gasteiger partial charge is 0.508 e. The van der Waals surface area contributed by atoms with Crippen molar-refractivity contribution in [3.63, 3.8) is 0 Å². The van der Waals surface area contributed by atoms with Gasteiger partial charge in [-0.3, -0.25) is 4.68 Å². The Bertz CT molecular complexity index is 768. The molecule has 0 bridgehead atoms. The Hall–Kier alpha value is -3.09. The lowest BCUT2D eigenvalue weighted by Gasteiger charge is -2.09. The van der Waals surface area contributed by atoms with Crippen LogP contribution in [0.5, 0.6) is 5.75 Å². The first-order valence-corrected chi connectivity index (χ1v) is 7.29. The third kappa shape index (κ3) is 3.97. The van der Waals surface area contributed by atoms with Gasteiger partial charge in [0.05, 0.1) is 6.20 Å². The Kier molecular flexibility index (Phi) is 4.37. The number of benzene rings is 1. The maximum Gasteiger partial charge on any atom is 0.137 e. The number of nitrogens with one attached hydrogen (secondary N) is 2. The standard InChI is InChI=1S/C16H18N6O/c1-22-16(7-9-20-22)21-15-10-14(18-11-19-15)17-8-6-12-2-4-13(23)5-3-12/h2-5,7,9-11,23H,6,8H2,1H3,(H2,17,18,19,21). The van der Waals surface area contributed by atoms with Gasteiger partial charge in [-0.1, -0.05) is 12.1 Å². The third-order valence-electron chi connectivity index (χ3n) is 3.40. The molecule has 2 heterocycles. The summed E-state index contributed by atoms with van der Waals surface area (Å²) in [6.07, 6.45) is 4.08. The summed E-state index contributed by atoms with van der Waals surface area (Å²) >= 11 is 0. The third-order valence-corrected chi connectivity index (χ3v) is 3.40. The highest BCUT2D eigenvalue weighted by atomic mass is 16.3. The van der Waals surface area contributed by atoms with E-state index in [1.807, 2.05) is 31.3 Å².